The average molecular weight is 357 g/mol. The van der Waals surface area contributed by atoms with Crippen LogP contribution < -0.4 is 5.32 Å². The largest absolute Gasteiger partial charge is 0.377 e. The Morgan fingerprint density at radius 2 is 1.95 bits per heavy atom. The number of benzene rings is 1. The van der Waals surface area contributed by atoms with Crippen molar-refractivity contribution in [3.63, 3.8) is 0 Å². The SMILES string of the molecule is Cc1cc(Br)c(NC(C)c2c(C)nn(C)c2C)cc1Cl. The molecule has 0 aliphatic heterocycles. The molecule has 1 aromatic carbocycles. The van der Waals surface area contributed by atoms with Crippen LogP contribution in [0, 0.1) is 20.8 Å². The van der Waals surface area contributed by atoms with Gasteiger partial charge in [0.05, 0.1) is 17.4 Å². The summed E-state index contributed by atoms with van der Waals surface area (Å²) in [6.45, 7) is 8.26. The van der Waals surface area contributed by atoms with Gasteiger partial charge in [-0.15, -0.1) is 0 Å². The number of nitrogens with zero attached hydrogens (tertiary/aromatic N) is 2. The molecule has 0 aliphatic carbocycles. The van der Waals surface area contributed by atoms with E-state index in [9.17, 15) is 0 Å². The monoisotopic (exact) mass is 355 g/mol. The fourth-order valence-corrected chi connectivity index (χ4v) is 3.21. The molecule has 1 N–H and O–H groups in total. The Morgan fingerprint density at radius 3 is 2.50 bits per heavy atom. The molecule has 20 heavy (non-hydrogen) atoms. The maximum Gasteiger partial charge on any atom is 0.0649 e. The summed E-state index contributed by atoms with van der Waals surface area (Å²) in [7, 11) is 1.97. The van der Waals surface area contributed by atoms with Gasteiger partial charge in [-0.05, 0) is 61.3 Å². The van der Waals surface area contributed by atoms with Gasteiger partial charge in [-0.2, -0.15) is 5.10 Å². The molecule has 0 radical (unpaired) electrons. The number of rotatable bonds is 3. The van der Waals surface area contributed by atoms with Gasteiger partial charge in [0.15, 0.2) is 0 Å². The van der Waals surface area contributed by atoms with Crippen LogP contribution in [-0.2, 0) is 7.05 Å². The molecule has 108 valence electrons. The van der Waals surface area contributed by atoms with Gasteiger partial charge in [0.25, 0.3) is 0 Å². The van der Waals surface area contributed by atoms with E-state index in [2.05, 4.69) is 40.2 Å². The lowest BCUT2D eigenvalue weighted by atomic mass is 10.1. The summed E-state index contributed by atoms with van der Waals surface area (Å²) in [5.74, 6) is 0. The number of hydrogen-bond donors (Lipinski definition) is 1. The van der Waals surface area contributed by atoms with E-state index in [4.69, 9.17) is 11.6 Å². The molecule has 0 spiro atoms. The molecule has 0 saturated heterocycles. The summed E-state index contributed by atoms with van der Waals surface area (Å²) in [5, 5.41) is 8.74. The van der Waals surface area contributed by atoms with Gasteiger partial charge in [0, 0.05) is 27.8 Å². The Bertz CT molecular complexity index is 649. The van der Waals surface area contributed by atoms with Crippen molar-refractivity contribution in [2.75, 3.05) is 5.32 Å². The molecule has 1 atom stereocenters. The highest BCUT2D eigenvalue weighted by molar-refractivity contribution is 9.10. The molecular formula is C15H19BrClN3. The van der Waals surface area contributed by atoms with Crippen molar-refractivity contribution >= 4 is 33.2 Å². The molecule has 1 unspecified atom stereocenters. The van der Waals surface area contributed by atoms with Crippen LogP contribution in [0.1, 0.15) is 35.5 Å². The van der Waals surface area contributed by atoms with Gasteiger partial charge in [-0.3, -0.25) is 4.68 Å². The topological polar surface area (TPSA) is 29.9 Å². The normalized spacial score (nSPS) is 12.6. The second-order valence-electron chi connectivity index (χ2n) is 5.16. The molecular weight excluding hydrogens is 338 g/mol. The van der Waals surface area contributed by atoms with Crippen LogP contribution in [0.5, 0.6) is 0 Å². The lowest BCUT2D eigenvalue weighted by molar-refractivity contribution is 0.728. The second-order valence-corrected chi connectivity index (χ2v) is 6.42. The van der Waals surface area contributed by atoms with Gasteiger partial charge < -0.3 is 5.32 Å². The van der Waals surface area contributed by atoms with E-state index >= 15 is 0 Å². The Hall–Kier alpha value is -1.000. The van der Waals surface area contributed by atoms with E-state index in [0.717, 1.165) is 26.4 Å². The Kier molecular flexibility index (Phi) is 4.45. The summed E-state index contributed by atoms with van der Waals surface area (Å²) in [4.78, 5) is 0. The number of halogens is 2. The molecule has 5 heteroatoms. The quantitative estimate of drug-likeness (QED) is 0.844. The lowest BCUT2D eigenvalue weighted by Crippen LogP contribution is -2.09. The van der Waals surface area contributed by atoms with Crippen LogP contribution in [0.25, 0.3) is 0 Å². The van der Waals surface area contributed by atoms with Gasteiger partial charge >= 0.3 is 0 Å². The molecule has 0 bridgehead atoms. The van der Waals surface area contributed by atoms with Crippen LogP contribution in [0.4, 0.5) is 5.69 Å². The van der Waals surface area contributed by atoms with E-state index in [-0.39, 0.29) is 6.04 Å². The number of nitrogens with one attached hydrogen (secondary N) is 1. The van der Waals surface area contributed by atoms with Crippen LogP contribution in [0.2, 0.25) is 5.02 Å². The zero-order valence-electron chi connectivity index (χ0n) is 12.4. The second kappa shape index (κ2) is 5.78. The third kappa shape index (κ3) is 2.86. The Balaban J connectivity index is 2.32. The maximum atomic E-state index is 6.20. The minimum absolute atomic E-state index is 0.166. The zero-order valence-corrected chi connectivity index (χ0v) is 14.7. The third-order valence-corrected chi connectivity index (χ3v) is 4.68. The third-order valence-electron chi connectivity index (χ3n) is 3.62. The first-order valence-electron chi connectivity index (χ1n) is 6.53. The van der Waals surface area contributed by atoms with Crippen LogP contribution in [-0.4, -0.2) is 9.78 Å². The maximum absolute atomic E-state index is 6.20. The molecule has 2 aromatic rings. The van der Waals surface area contributed by atoms with Crippen molar-refractivity contribution in [2.45, 2.75) is 33.7 Å². The first-order valence-corrected chi connectivity index (χ1v) is 7.70. The highest BCUT2D eigenvalue weighted by Gasteiger charge is 2.17. The smallest absolute Gasteiger partial charge is 0.0649 e. The molecule has 0 saturated carbocycles. The Labute approximate surface area is 133 Å². The van der Waals surface area contributed by atoms with Crippen molar-refractivity contribution in [2.24, 2.45) is 7.05 Å². The number of aromatic nitrogens is 2. The van der Waals surface area contributed by atoms with Crippen molar-refractivity contribution < 1.29 is 0 Å². The van der Waals surface area contributed by atoms with E-state index in [1.807, 2.05) is 37.7 Å². The lowest BCUT2D eigenvalue weighted by Gasteiger charge is -2.18. The summed E-state index contributed by atoms with van der Waals surface area (Å²) in [6, 6.07) is 4.15. The minimum atomic E-state index is 0.166. The van der Waals surface area contributed by atoms with Gasteiger partial charge in [-0.1, -0.05) is 11.6 Å². The molecule has 3 nitrogen and oxygen atoms in total. The predicted molar refractivity (Wildman–Crippen MR) is 88.6 cm³/mol. The molecule has 0 aliphatic rings. The van der Waals surface area contributed by atoms with Gasteiger partial charge in [0.1, 0.15) is 0 Å². The zero-order chi connectivity index (χ0) is 15.0. The van der Waals surface area contributed by atoms with E-state index in [1.165, 1.54) is 11.3 Å². The highest BCUT2D eigenvalue weighted by Crippen LogP contribution is 2.32. The fraction of sp³-hybridized carbons (Fsp3) is 0.400. The van der Waals surface area contributed by atoms with Crippen molar-refractivity contribution in [1.29, 1.82) is 0 Å². The summed E-state index contributed by atoms with van der Waals surface area (Å²) >= 11 is 9.79. The van der Waals surface area contributed by atoms with Crippen LogP contribution in [0.15, 0.2) is 16.6 Å². The van der Waals surface area contributed by atoms with Crippen molar-refractivity contribution in [1.82, 2.24) is 9.78 Å². The van der Waals surface area contributed by atoms with Crippen LogP contribution >= 0.6 is 27.5 Å². The first kappa shape index (κ1) is 15.4. The van der Waals surface area contributed by atoms with E-state index in [1.54, 1.807) is 0 Å². The molecule has 0 amide bonds. The molecule has 1 heterocycles. The fourth-order valence-electron chi connectivity index (χ4n) is 2.48. The van der Waals surface area contributed by atoms with E-state index < -0.39 is 0 Å². The summed E-state index contributed by atoms with van der Waals surface area (Å²) in [5.41, 5.74) is 5.52. The summed E-state index contributed by atoms with van der Waals surface area (Å²) in [6.07, 6.45) is 0. The van der Waals surface area contributed by atoms with Crippen LogP contribution in [0.3, 0.4) is 0 Å². The molecule has 2 rings (SSSR count). The minimum Gasteiger partial charge on any atom is -0.377 e. The van der Waals surface area contributed by atoms with Gasteiger partial charge in [0.2, 0.25) is 0 Å². The Morgan fingerprint density at radius 1 is 1.30 bits per heavy atom. The van der Waals surface area contributed by atoms with Gasteiger partial charge in [-0.25, -0.2) is 0 Å². The van der Waals surface area contributed by atoms with E-state index in [0.29, 0.717) is 0 Å². The number of anilines is 1. The first-order chi connectivity index (χ1) is 9.31. The van der Waals surface area contributed by atoms with Crippen molar-refractivity contribution in [3.05, 3.63) is 44.1 Å². The number of aryl methyl sites for hydroxylation is 3. The number of hydrogen-bond acceptors (Lipinski definition) is 2. The standard InChI is InChI=1S/C15H19BrClN3/c1-8-6-12(16)14(7-13(8)17)18-9(2)15-10(3)19-20(5)11(15)4/h6-7,9,18H,1-5H3. The molecule has 0 fully saturated rings. The average Bonchev–Trinajstić information content (AvgIpc) is 2.60. The predicted octanol–water partition coefficient (Wildman–Crippen LogP) is 4.93. The highest BCUT2D eigenvalue weighted by atomic mass is 79.9. The molecule has 1 aromatic heterocycles. The van der Waals surface area contributed by atoms with Crippen molar-refractivity contribution in [3.8, 4) is 0 Å². The summed E-state index contributed by atoms with van der Waals surface area (Å²) < 4.78 is 2.94.